The van der Waals surface area contributed by atoms with Gasteiger partial charge in [0.05, 0.1) is 28.8 Å². The fourth-order valence-corrected chi connectivity index (χ4v) is 8.57. The molecule has 3 heterocycles. The van der Waals surface area contributed by atoms with Gasteiger partial charge < -0.3 is 14.4 Å². The van der Waals surface area contributed by atoms with Gasteiger partial charge in [-0.05, 0) is 92.2 Å². The summed E-state index contributed by atoms with van der Waals surface area (Å²) in [5.41, 5.74) is 14.1. The highest BCUT2D eigenvalue weighted by Gasteiger charge is 2.48. The van der Waals surface area contributed by atoms with Gasteiger partial charge >= 0.3 is 0 Å². The molecule has 0 saturated heterocycles. The van der Waals surface area contributed by atoms with E-state index >= 15 is 0 Å². The minimum Gasteiger partial charge on any atom is -0.361 e. The van der Waals surface area contributed by atoms with Gasteiger partial charge in [-0.3, -0.25) is 4.98 Å². The number of aromatic nitrogens is 2. The maximum Gasteiger partial charge on any atom is 0.0938 e. The Bertz CT molecular complexity index is 2480. The SMILES string of the molecule is CN1C=CN(c2ccc3c4ccccc4n(-c4cccc(C5(c6ccccn6)c6cc(C(C)(C)C)ccc6-c6ccc(C(C)(C)C)cc65)c4)c3c2)C1. The molecule has 0 amide bonds. The van der Waals surface area contributed by atoms with Crippen molar-refractivity contribution in [3.8, 4) is 16.8 Å². The Kier molecular flexibility index (Phi) is 7.11. The lowest BCUT2D eigenvalue weighted by atomic mass is 9.68. The number of para-hydroxylation sites is 1. The lowest BCUT2D eigenvalue weighted by Crippen LogP contribution is -2.31. The van der Waals surface area contributed by atoms with E-state index in [-0.39, 0.29) is 10.8 Å². The van der Waals surface area contributed by atoms with Gasteiger partial charge in [0, 0.05) is 47.8 Å². The van der Waals surface area contributed by atoms with Crippen molar-refractivity contribution in [2.24, 2.45) is 0 Å². The van der Waals surface area contributed by atoms with Crippen LogP contribution in [0.15, 0.2) is 140 Å². The second-order valence-corrected chi connectivity index (χ2v) is 16.8. The molecule has 52 heavy (non-hydrogen) atoms. The highest BCUT2D eigenvalue weighted by molar-refractivity contribution is 6.10. The molecule has 1 aliphatic carbocycles. The van der Waals surface area contributed by atoms with Gasteiger partial charge in [-0.25, -0.2) is 0 Å². The molecule has 7 aromatic rings. The summed E-state index contributed by atoms with van der Waals surface area (Å²) in [4.78, 5) is 9.73. The van der Waals surface area contributed by atoms with Crippen LogP contribution in [-0.2, 0) is 16.2 Å². The Morgan fingerprint density at radius 3 is 1.88 bits per heavy atom. The monoisotopic (exact) mass is 678 g/mol. The molecule has 0 atom stereocenters. The molecule has 0 spiro atoms. The van der Waals surface area contributed by atoms with Crippen molar-refractivity contribution >= 4 is 27.5 Å². The summed E-state index contributed by atoms with van der Waals surface area (Å²) in [7, 11) is 2.11. The minimum atomic E-state index is -0.626. The molecule has 0 radical (unpaired) electrons. The van der Waals surface area contributed by atoms with Crippen LogP contribution in [0.25, 0.3) is 38.6 Å². The minimum absolute atomic E-state index is 0.0158. The Labute approximate surface area is 307 Å². The third-order valence-electron chi connectivity index (χ3n) is 11.3. The standard InChI is InChI=1S/C48H46N4/c1-46(2,3)32-18-21-37-38-22-19-33(47(4,5)6)29-42(38)48(41(37)28-32,45-17-10-11-24-49-45)34-13-12-14-36(27-34)52-43-16-9-8-15-39(43)40-23-20-35(30-44(40)52)51-26-25-50(7)31-51/h8-30H,31H2,1-7H3. The van der Waals surface area contributed by atoms with E-state index in [1.54, 1.807) is 0 Å². The maximum atomic E-state index is 5.22. The summed E-state index contributed by atoms with van der Waals surface area (Å²) in [6, 6.07) is 45.7. The van der Waals surface area contributed by atoms with Crippen molar-refractivity contribution in [3.63, 3.8) is 0 Å². The average Bonchev–Trinajstić information content (AvgIpc) is 3.81. The first-order chi connectivity index (χ1) is 24.9. The molecule has 2 aliphatic rings. The van der Waals surface area contributed by atoms with E-state index in [0.717, 1.165) is 18.1 Å². The van der Waals surface area contributed by atoms with E-state index < -0.39 is 5.41 Å². The normalized spacial score (nSPS) is 15.1. The second kappa shape index (κ2) is 11.4. The number of anilines is 1. The number of rotatable bonds is 4. The van der Waals surface area contributed by atoms with E-state index in [1.807, 2.05) is 12.3 Å². The Morgan fingerprint density at radius 1 is 0.577 bits per heavy atom. The summed E-state index contributed by atoms with van der Waals surface area (Å²) in [5.74, 6) is 0. The lowest BCUT2D eigenvalue weighted by molar-refractivity contribution is 0.496. The van der Waals surface area contributed by atoms with Crippen LogP contribution in [0.2, 0.25) is 0 Å². The highest BCUT2D eigenvalue weighted by Crippen LogP contribution is 2.57. The van der Waals surface area contributed by atoms with E-state index in [1.165, 1.54) is 66.4 Å². The molecule has 4 nitrogen and oxygen atoms in total. The van der Waals surface area contributed by atoms with Crippen LogP contribution >= 0.6 is 0 Å². The molecule has 0 unspecified atom stereocenters. The van der Waals surface area contributed by atoms with Crippen LogP contribution in [0.4, 0.5) is 5.69 Å². The zero-order chi connectivity index (χ0) is 36.0. The number of benzene rings is 5. The maximum absolute atomic E-state index is 5.22. The molecule has 0 fully saturated rings. The van der Waals surface area contributed by atoms with Gasteiger partial charge in [0.1, 0.15) is 0 Å². The van der Waals surface area contributed by atoms with Gasteiger partial charge in [-0.1, -0.05) is 120 Å². The number of nitrogens with zero attached hydrogens (tertiary/aromatic N) is 4. The van der Waals surface area contributed by atoms with E-state index in [0.29, 0.717) is 0 Å². The summed E-state index contributed by atoms with van der Waals surface area (Å²) in [6.45, 7) is 14.7. The van der Waals surface area contributed by atoms with Crippen LogP contribution in [0.3, 0.4) is 0 Å². The highest BCUT2D eigenvalue weighted by atomic mass is 15.3. The first-order valence-electron chi connectivity index (χ1n) is 18.5. The second-order valence-electron chi connectivity index (χ2n) is 16.8. The van der Waals surface area contributed by atoms with Crippen LogP contribution in [0, 0.1) is 0 Å². The number of pyridine rings is 1. The molecular formula is C48H46N4. The zero-order valence-corrected chi connectivity index (χ0v) is 31.3. The molecule has 0 saturated carbocycles. The molecule has 0 bridgehead atoms. The van der Waals surface area contributed by atoms with Gasteiger partial charge in [0.25, 0.3) is 0 Å². The Hall–Kier alpha value is -5.61. The third-order valence-corrected chi connectivity index (χ3v) is 11.3. The van der Waals surface area contributed by atoms with Crippen LogP contribution in [-0.4, -0.2) is 28.2 Å². The van der Waals surface area contributed by atoms with Crippen molar-refractivity contribution in [3.05, 3.63) is 173 Å². The van der Waals surface area contributed by atoms with Gasteiger partial charge in [0.15, 0.2) is 0 Å². The fraction of sp³-hybridized carbons (Fsp3) is 0.229. The van der Waals surface area contributed by atoms with Crippen molar-refractivity contribution in [2.45, 2.75) is 57.8 Å². The van der Waals surface area contributed by atoms with Crippen molar-refractivity contribution < 1.29 is 0 Å². The molecule has 1 aliphatic heterocycles. The summed E-state index contributed by atoms with van der Waals surface area (Å²) in [6.07, 6.45) is 6.25. The van der Waals surface area contributed by atoms with Crippen molar-refractivity contribution in [2.75, 3.05) is 18.6 Å². The summed E-state index contributed by atoms with van der Waals surface area (Å²) >= 11 is 0. The average molecular weight is 679 g/mol. The molecule has 4 heteroatoms. The summed E-state index contributed by atoms with van der Waals surface area (Å²) in [5, 5.41) is 2.51. The van der Waals surface area contributed by atoms with Crippen molar-refractivity contribution in [1.29, 1.82) is 0 Å². The molecule has 0 N–H and O–H groups in total. The number of fused-ring (bicyclic) bond motifs is 6. The van der Waals surface area contributed by atoms with Crippen molar-refractivity contribution in [1.82, 2.24) is 14.5 Å². The quantitative estimate of drug-likeness (QED) is 0.185. The molecule has 2 aromatic heterocycles. The van der Waals surface area contributed by atoms with Gasteiger partial charge in [-0.2, -0.15) is 0 Å². The largest absolute Gasteiger partial charge is 0.361 e. The molecule has 258 valence electrons. The lowest BCUT2D eigenvalue weighted by Gasteiger charge is -2.34. The number of hydrogen-bond acceptors (Lipinski definition) is 3. The summed E-state index contributed by atoms with van der Waals surface area (Å²) < 4.78 is 2.46. The predicted molar refractivity (Wildman–Crippen MR) is 218 cm³/mol. The number of hydrogen-bond donors (Lipinski definition) is 0. The first kappa shape index (κ1) is 32.3. The molecule has 9 rings (SSSR count). The Balaban J connectivity index is 1.36. The van der Waals surface area contributed by atoms with E-state index in [2.05, 4.69) is 191 Å². The van der Waals surface area contributed by atoms with Crippen LogP contribution < -0.4 is 4.90 Å². The van der Waals surface area contributed by atoms with E-state index in [4.69, 9.17) is 4.98 Å². The van der Waals surface area contributed by atoms with Gasteiger partial charge in [-0.15, -0.1) is 0 Å². The zero-order valence-electron chi connectivity index (χ0n) is 31.3. The first-order valence-corrected chi connectivity index (χ1v) is 18.5. The topological polar surface area (TPSA) is 24.3 Å². The third kappa shape index (κ3) is 4.84. The molecule has 5 aromatic carbocycles. The van der Waals surface area contributed by atoms with E-state index in [9.17, 15) is 0 Å². The smallest absolute Gasteiger partial charge is 0.0938 e. The predicted octanol–water partition coefficient (Wildman–Crippen LogP) is 11.3. The fourth-order valence-electron chi connectivity index (χ4n) is 8.57. The van der Waals surface area contributed by atoms with Gasteiger partial charge in [0.2, 0.25) is 0 Å². The Morgan fingerprint density at radius 2 is 1.25 bits per heavy atom. The molecular weight excluding hydrogens is 633 g/mol. The van der Waals surface area contributed by atoms with Crippen LogP contribution in [0.1, 0.15) is 75.1 Å². The van der Waals surface area contributed by atoms with Crippen LogP contribution in [0.5, 0.6) is 0 Å².